The molecule has 0 spiro atoms. The maximum Gasteiger partial charge on any atom is 0.281 e. The van der Waals surface area contributed by atoms with Crippen LogP contribution in [0.5, 0.6) is 17.2 Å². The zero-order chi connectivity index (χ0) is 19.0. The number of fused-ring (bicyclic) bond motifs is 1. The molecule has 1 saturated heterocycles. The predicted molar refractivity (Wildman–Crippen MR) is 106 cm³/mol. The van der Waals surface area contributed by atoms with Crippen LogP contribution in [-0.4, -0.2) is 31.3 Å². The van der Waals surface area contributed by atoms with Crippen LogP contribution in [-0.2, 0) is 4.79 Å². The number of aryl methyl sites for hydroxylation is 1. The van der Waals surface area contributed by atoms with E-state index in [1.165, 1.54) is 4.90 Å². The molecule has 27 heavy (non-hydrogen) atoms. The topological polar surface area (TPSA) is 60.0 Å². The Kier molecular flexibility index (Phi) is 4.45. The molecule has 2 aromatic carbocycles. The van der Waals surface area contributed by atoms with Crippen LogP contribution >= 0.6 is 12.2 Å². The normalized spacial score (nSPS) is 17.3. The number of methoxy groups -OCH3 is 1. The summed E-state index contributed by atoms with van der Waals surface area (Å²) in [6.45, 7) is 2.94. The van der Waals surface area contributed by atoms with Crippen molar-refractivity contribution in [1.82, 2.24) is 5.32 Å². The van der Waals surface area contributed by atoms with Crippen molar-refractivity contribution < 1.29 is 19.0 Å². The van der Waals surface area contributed by atoms with E-state index >= 15 is 0 Å². The molecule has 6 nitrogen and oxygen atoms in total. The summed E-state index contributed by atoms with van der Waals surface area (Å²) < 4.78 is 16.6. The van der Waals surface area contributed by atoms with Crippen molar-refractivity contribution in [3.05, 3.63) is 53.2 Å². The molecule has 0 atom stereocenters. The van der Waals surface area contributed by atoms with Gasteiger partial charge in [0.05, 0.1) is 12.8 Å². The summed E-state index contributed by atoms with van der Waals surface area (Å²) in [6.07, 6.45) is 1.73. The van der Waals surface area contributed by atoms with Gasteiger partial charge in [-0.15, -0.1) is 0 Å². The van der Waals surface area contributed by atoms with E-state index in [4.69, 9.17) is 26.4 Å². The molecule has 2 aliphatic rings. The van der Waals surface area contributed by atoms with Gasteiger partial charge in [-0.3, -0.25) is 9.69 Å². The van der Waals surface area contributed by atoms with Crippen LogP contribution in [0.25, 0.3) is 6.08 Å². The molecule has 0 radical (unpaired) electrons. The first-order valence-electron chi connectivity index (χ1n) is 8.48. The van der Waals surface area contributed by atoms with Crippen LogP contribution in [0, 0.1) is 6.92 Å². The first kappa shape index (κ1) is 17.4. The lowest BCUT2D eigenvalue weighted by atomic mass is 10.1. The monoisotopic (exact) mass is 382 g/mol. The molecular weight excluding hydrogens is 364 g/mol. The maximum atomic E-state index is 12.9. The predicted octanol–water partition coefficient (Wildman–Crippen LogP) is 3.04. The van der Waals surface area contributed by atoms with Gasteiger partial charge in [-0.1, -0.05) is 17.7 Å². The van der Waals surface area contributed by atoms with E-state index in [1.807, 2.05) is 37.3 Å². The molecule has 138 valence electrons. The number of ether oxygens (including phenoxy) is 3. The lowest BCUT2D eigenvalue weighted by Gasteiger charge is -2.21. The highest BCUT2D eigenvalue weighted by Crippen LogP contribution is 2.41. The standard InChI is InChI=1S/C20H18N2O4S/c1-12-3-5-14(6-4-12)22-19(23)15(21-20(22)27)9-13-10-16(24-2)18-17(11-13)25-7-8-26-18/h3-6,9-11H,7-8H2,1-2H3,(H,21,27)/b15-9-. The summed E-state index contributed by atoms with van der Waals surface area (Å²) in [5.41, 5.74) is 2.98. The Morgan fingerprint density at radius 3 is 2.67 bits per heavy atom. The largest absolute Gasteiger partial charge is 0.493 e. The Balaban J connectivity index is 1.68. The van der Waals surface area contributed by atoms with Crippen molar-refractivity contribution in [3.63, 3.8) is 0 Å². The first-order chi connectivity index (χ1) is 13.1. The summed E-state index contributed by atoms with van der Waals surface area (Å²) >= 11 is 5.36. The van der Waals surface area contributed by atoms with E-state index in [1.54, 1.807) is 19.3 Å². The molecule has 2 aromatic rings. The van der Waals surface area contributed by atoms with E-state index in [9.17, 15) is 4.79 Å². The third-order valence-corrected chi connectivity index (χ3v) is 4.62. The third kappa shape index (κ3) is 3.21. The minimum Gasteiger partial charge on any atom is -0.493 e. The number of nitrogens with one attached hydrogen (secondary N) is 1. The Morgan fingerprint density at radius 1 is 1.19 bits per heavy atom. The second-order valence-corrected chi connectivity index (χ2v) is 6.60. The van der Waals surface area contributed by atoms with Crippen LogP contribution < -0.4 is 24.4 Å². The van der Waals surface area contributed by atoms with Crippen molar-refractivity contribution in [2.45, 2.75) is 6.92 Å². The van der Waals surface area contributed by atoms with Crippen LogP contribution in [0.15, 0.2) is 42.1 Å². The Bertz CT molecular complexity index is 936. The second-order valence-electron chi connectivity index (χ2n) is 6.21. The molecular formula is C20H18N2O4S. The van der Waals surface area contributed by atoms with Crippen molar-refractivity contribution in [3.8, 4) is 17.2 Å². The van der Waals surface area contributed by atoms with Gasteiger partial charge in [-0.05, 0) is 55.0 Å². The van der Waals surface area contributed by atoms with E-state index in [0.717, 1.165) is 16.8 Å². The quantitative estimate of drug-likeness (QED) is 0.650. The number of hydrogen-bond acceptors (Lipinski definition) is 5. The highest BCUT2D eigenvalue weighted by Gasteiger charge is 2.32. The molecule has 0 aromatic heterocycles. The molecule has 2 aliphatic heterocycles. The zero-order valence-electron chi connectivity index (χ0n) is 14.9. The third-order valence-electron chi connectivity index (χ3n) is 4.33. The van der Waals surface area contributed by atoms with Gasteiger partial charge in [-0.2, -0.15) is 0 Å². The summed E-state index contributed by atoms with van der Waals surface area (Å²) in [5.74, 6) is 1.52. The van der Waals surface area contributed by atoms with E-state index in [2.05, 4.69) is 5.32 Å². The second kappa shape index (κ2) is 6.92. The van der Waals surface area contributed by atoms with Gasteiger partial charge in [0, 0.05) is 0 Å². The van der Waals surface area contributed by atoms with E-state index in [0.29, 0.717) is 41.3 Å². The van der Waals surface area contributed by atoms with E-state index < -0.39 is 0 Å². The van der Waals surface area contributed by atoms with Gasteiger partial charge >= 0.3 is 0 Å². The van der Waals surface area contributed by atoms with Crippen LogP contribution in [0.2, 0.25) is 0 Å². The van der Waals surface area contributed by atoms with Crippen molar-refractivity contribution >= 4 is 35.0 Å². The lowest BCUT2D eigenvalue weighted by molar-refractivity contribution is -0.113. The molecule has 4 rings (SSSR count). The minimum atomic E-state index is -0.210. The van der Waals surface area contributed by atoms with Crippen molar-refractivity contribution in [2.75, 3.05) is 25.2 Å². The Hall–Kier alpha value is -3.06. The zero-order valence-corrected chi connectivity index (χ0v) is 15.8. The van der Waals surface area contributed by atoms with Gasteiger partial charge < -0.3 is 19.5 Å². The highest BCUT2D eigenvalue weighted by molar-refractivity contribution is 7.80. The number of carbonyl (C=O) groups excluding carboxylic acids is 1. The molecule has 0 unspecified atom stereocenters. The number of rotatable bonds is 3. The summed E-state index contributed by atoms with van der Waals surface area (Å²) in [6, 6.07) is 11.2. The Morgan fingerprint density at radius 2 is 1.93 bits per heavy atom. The van der Waals surface area contributed by atoms with Crippen LogP contribution in [0.4, 0.5) is 5.69 Å². The van der Waals surface area contributed by atoms with Gasteiger partial charge in [0.15, 0.2) is 16.6 Å². The minimum absolute atomic E-state index is 0.210. The number of thiocarbonyl (C=S) groups is 1. The fourth-order valence-corrected chi connectivity index (χ4v) is 3.31. The molecule has 2 heterocycles. The smallest absolute Gasteiger partial charge is 0.281 e. The maximum absolute atomic E-state index is 12.9. The molecule has 1 N–H and O–H groups in total. The molecule has 1 fully saturated rings. The number of anilines is 1. The number of carbonyl (C=O) groups is 1. The summed E-state index contributed by atoms with van der Waals surface area (Å²) in [7, 11) is 1.57. The molecule has 0 aliphatic carbocycles. The SMILES string of the molecule is COc1cc(/C=C2\NC(=S)N(c3ccc(C)cc3)C2=O)cc2c1OCCO2. The number of amides is 1. The van der Waals surface area contributed by atoms with Crippen LogP contribution in [0.1, 0.15) is 11.1 Å². The highest BCUT2D eigenvalue weighted by atomic mass is 32.1. The van der Waals surface area contributed by atoms with Gasteiger partial charge in [0.25, 0.3) is 5.91 Å². The van der Waals surface area contributed by atoms with Crippen molar-refractivity contribution in [2.24, 2.45) is 0 Å². The van der Waals surface area contributed by atoms with Gasteiger partial charge in [-0.25, -0.2) is 0 Å². The van der Waals surface area contributed by atoms with E-state index in [-0.39, 0.29) is 5.91 Å². The van der Waals surface area contributed by atoms with Gasteiger partial charge in [0.1, 0.15) is 18.9 Å². The number of nitrogens with zero attached hydrogens (tertiary/aromatic N) is 1. The van der Waals surface area contributed by atoms with Crippen molar-refractivity contribution in [1.29, 1.82) is 0 Å². The fourth-order valence-electron chi connectivity index (χ4n) is 3.01. The fraction of sp³-hybridized carbons (Fsp3) is 0.200. The Labute approximate surface area is 162 Å². The number of hydrogen-bond donors (Lipinski definition) is 1. The summed E-state index contributed by atoms with van der Waals surface area (Å²) in [5, 5.41) is 3.34. The van der Waals surface area contributed by atoms with Crippen LogP contribution in [0.3, 0.4) is 0 Å². The molecule has 7 heteroatoms. The molecule has 0 saturated carbocycles. The molecule has 1 amide bonds. The first-order valence-corrected chi connectivity index (χ1v) is 8.89. The van der Waals surface area contributed by atoms with Gasteiger partial charge in [0.2, 0.25) is 5.75 Å². The summed E-state index contributed by atoms with van der Waals surface area (Å²) in [4.78, 5) is 14.4. The lowest BCUT2D eigenvalue weighted by Crippen LogP contribution is -2.30. The molecule has 0 bridgehead atoms. The average Bonchev–Trinajstić information content (AvgIpc) is 2.95. The average molecular weight is 382 g/mol. The number of benzene rings is 2.